The van der Waals surface area contributed by atoms with Crippen LogP contribution in [0, 0.1) is 0 Å². The molecule has 0 aliphatic carbocycles. The van der Waals surface area contributed by atoms with Crippen LogP contribution in [0.5, 0.6) is 0 Å². The van der Waals surface area contributed by atoms with E-state index in [1.807, 2.05) is 0 Å². The zero-order valence-electron chi connectivity index (χ0n) is 15.6. The first-order valence-electron chi connectivity index (χ1n) is 10.4. The van der Waals surface area contributed by atoms with Gasteiger partial charge in [-0.25, -0.2) is 0 Å². The van der Waals surface area contributed by atoms with Gasteiger partial charge in [-0.2, -0.15) is 0 Å². The van der Waals surface area contributed by atoms with Crippen LogP contribution in [0.3, 0.4) is 0 Å². The second kappa shape index (κ2) is 9.42. The molecule has 1 fully saturated rings. The monoisotopic (exact) mass is 325 g/mol. The number of fused-ring (bicyclic) bond motifs is 2. The van der Waals surface area contributed by atoms with E-state index in [0.717, 1.165) is 12.6 Å². The Balaban J connectivity index is 1.51. The number of unbranched alkanes of at least 4 members (excludes halogenated alkanes) is 5. The summed E-state index contributed by atoms with van der Waals surface area (Å²) in [6.45, 7) is 3.43. The highest BCUT2D eigenvalue weighted by Crippen LogP contribution is 2.35. The molecule has 1 saturated heterocycles. The Bertz CT molecular complexity index is 504. The van der Waals surface area contributed by atoms with Crippen LogP contribution in [0.15, 0.2) is 42.0 Å². The molecule has 2 bridgehead atoms. The maximum atomic E-state index is 2.78. The van der Waals surface area contributed by atoms with Gasteiger partial charge in [-0.1, -0.05) is 87.4 Å². The fourth-order valence-corrected chi connectivity index (χ4v) is 4.56. The third kappa shape index (κ3) is 4.96. The Hall–Kier alpha value is -1.08. The number of nitrogens with zero attached hydrogens (tertiary/aromatic N) is 1. The lowest BCUT2D eigenvalue weighted by atomic mass is 9.83. The highest BCUT2D eigenvalue weighted by atomic mass is 15.2. The largest absolute Gasteiger partial charge is 0.289 e. The standard InChI is InChI=1S/C23H35N/c1-2-3-4-5-6-8-14-21-17-22-15-11-16-23(18-21)24(22)19-20-12-9-7-10-13-20/h7,9-10,12-13,17,22-23H,2-6,8,11,14-16,18-19H2,1H3. The lowest BCUT2D eigenvalue weighted by molar-refractivity contribution is 0.0876. The van der Waals surface area contributed by atoms with Crippen LogP contribution in [-0.4, -0.2) is 17.0 Å². The molecule has 1 nitrogen and oxygen atoms in total. The van der Waals surface area contributed by atoms with Crippen molar-refractivity contribution in [3.8, 4) is 0 Å². The quantitative estimate of drug-likeness (QED) is 0.370. The van der Waals surface area contributed by atoms with Crippen LogP contribution in [0.25, 0.3) is 0 Å². The minimum atomic E-state index is 0.702. The van der Waals surface area contributed by atoms with Gasteiger partial charge in [0.15, 0.2) is 0 Å². The topological polar surface area (TPSA) is 3.24 Å². The molecule has 3 rings (SSSR count). The van der Waals surface area contributed by atoms with Gasteiger partial charge >= 0.3 is 0 Å². The molecule has 132 valence electrons. The van der Waals surface area contributed by atoms with E-state index < -0.39 is 0 Å². The highest BCUT2D eigenvalue weighted by Gasteiger charge is 2.33. The molecule has 2 heterocycles. The van der Waals surface area contributed by atoms with Crippen LogP contribution in [0.2, 0.25) is 0 Å². The van der Waals surface area contributed by atoms with E-state index >= 15 is 0 Å². The van der Waals surface area contributed by atoms with Crippen molar-refractivity contribution in [3.63, 3.8) is 0 Å². The summed E-state index contributed by atoms with van der Waals surface area (Å²) in [6.07, 6.45) is 18.0. The number of hydrogen-bond acceptors (Lipinski definition) is 1. The summed E-state index contributed by atoms with van der Waals surface area (Å²) < 4.78 is 0. The SMILES string of the molecule is CCCCCCCCC1=CC2CCCC(C1)N2Cc1ccccc1. The molecule has 0 radical (unpaired) electrons. The number of piperidine rings is 1. The van der Waals surface area contributed by atoms with Gasteiger partial charge in [0, 0.05) is 18.6 Å². The van der Waals surface area contributed by atoms with Crippen LogP contribution >= 0.6 is 0 Å². The molecule has 0 aromatic heterocycles. The average Bonchev–Trinajstić information content (AvgIpc) is 2.59. The predicted octanol–water partition coefficient (Wildman–Crippen LogP) is 6.49. The Labute approximate surface area is 149 Å². The Morgan fingerprint density at radius 3 is 2.54 bits per heavy atom. The van der Waals surface area contributed by atoms with Crippen molar-refractivity contribution in [2.24, 2.45) is 0 Å². The van der Waals surface area contributed by atoms with Crippen molar-refractivity contribution in [2.75, 3.05) is 0 Å². The first kappa shape index (κ1) is 17.7. The summed E-state index contributed by atoms with van der Waals surface area (Å²) in [5, 5.41) is 0. The van der Waals surface area contributed by atoms with E-state index in [4.69, 9.17) is 0 Å². The van der Waals surface area contributed by atoms with Gasteiger partial charge in [0.2, 0.25) is 0 Å². The minimum Gasteiger partial charge on any atom is -0.289 e. The molecule has 24 heavy (non-hydrogen) atoms. The van der Waals surface area contributed by atoms with Crippen LogP contribution in [-0.2, 0) is 6.54 Å². The fourth-order valence-electron chi connectivity index (χ4n) is 4.56. The zero-order chi connectivity index (χ0) is 16.6. The van der Waals surface area contributed by atoms with Gasteiger partial charge in [-0.05, 0) is 37.7 Å². The third-order valence-corrected chi connectivity index (χ3v) is 5.92. The van der Waals surface area contributed by atoms with Gasteiger partial charge in [0.1, 0.15) is 0 Å². The van der Waals surface area contributed by atoms with E-state index in [0.29, 0.717) is 6.04 Å². The minimum absolute atomic E-state index is 0.702. The van der Waals surface area contributed by atoms with E-state index in [2.05, 4.69) is 48.2 Å². The molecule has 1 aromatic carbocycles. The van der Waals surface area contributed by atoms with E-state index in [9.17, 15) is 0 Å². The Morgan fingerprint density at radius 1 is 0.958 bits per heavy atom. The molecule has 0 N–H and O–H groups in total. The second-order valence-corrected chi connectivity index (χ2v) is 7.86. The third-order valence-electron chi connectivity index (χ3n) is 5.92. The van der Waals surface area contributed by atoms with Crippen LogP contribution in [0.1, 0.15) is 83.1 Å². The zero-order valence-corrected chi connectivity index (χ0v) is 15.6. The smallest absolute Gasteiger partial charge is 0.0287 e. The van der Waals surface area contributed by atoms with Crippen LogP contribution in [0.4, 0.5) is 0 Å². The van der Waals surface area contributed by atoms with Crippen molar-refractivity contribution >= 4 is 0 Å². The molecule has 2 aliphatic rings. The van der Waals surface area contributed by atoms with E-state index in [1.165, 1.54) is 76.2 Å². The summed E-state index contributed by atoms with van der Waals surface area (Å²) >= 11 is 0. The van der Waals surface area contributed by atoms with Gasteiger partial charge in [-0.3, -0.25) is 4.90 Å². The summed E-state index contributed by atoms with van der Waals surface area (Å²) in [6, 6.07) is 12.5. The number of rotatable bonds is 9. The summed E-state index contributed by atoms with van der Waals surface area (Å²) in [7, 11) is 0. The molecule has 2 atom stereocenters. The lowest BCUT2D eigenvalue weighted by Crippen LogP contribution is -2.47. The molecule has 0 saturated carbocycles. The summed E-state index contributed by atoms with van der Waals surface area (Å²) in [5.74, 6) is 0. The van der Waals surface area contributed by atoms with Gasteiger partial charge in [0.05, 0.1) is 0 Å². The number of benzene rings is 1. The van der Waals surface area contributed by atoms with Crippen molar-refractivity contribution in [3.05, 3.63) is 47.5 Å². The Morgan fingerprint density at radius 2 is 1.75 bits per heavy atom. The van der Waals surface area contributed by atoms with Crippen molar-refractivity contribution < 1.29 is 0 Å². The molecule has 1 heteroatoms. The first-order valence-corrected chi connectivity index (χ1v) is 10.4. The predicted molar refractivity (Wildman–Crippen MR) is 104 cm³/mol. The molecule has 1 aromatic rings. The van der Waals surface area contributed by atoms with Gasteiger partial charge < -0.3 is 0 Å². The van der Waals surface area contributed by atoms with Gasteiger partial charge in [0.25, 0.3) is 0 Å². The maximum absolute atomic E-state index is 2.78. The van der Waals surface area contributed by atoms with E-state index in [-0.39, 0.29) is 0 Å². The van der Waals surface area contributed by atoms with Crippen molar-refractivity contribution in [2.45, 2.75) is 96.2 Å². The maximum Gasteiger partial charge on any atom is 0.0287 e. The normalized spacial score (nSPS) is 24.0. The fraction of sp³-hybridized carbons (Fsp3) is 0.652. The number of hydrogen-bond donors (Lipinski definition) is 0. The molecular weight excluding hydrogens is 290 g/mol. The Kier molecular flexibility index (Phi) is 6.96. The van der Waals surface area contributed by atoms with Crippen LogP contribution < -0.4 is 0 Å². The van der Waals surface area contributed by atoms with Crippen molar-refractivity contribution in [1.82, 2.24) is 4.90 Å². The second-order valence-electron chi connectivity index (χ2n) is 7.86. The average molecular weight is 326 g/mol. The van der Waals surface area contributed by atoms with Crippen molar-refractivity contribution in [1.29, 1.82) is 0 Å². The molecule has 2 unspecified atom stereocenters. The van der Waals surface area contributed by atoms with E-state index in [1.54, 1.807) is 5.57 Å². The molecule has 0 spiro atoms. The van der Waals surface area contributed by atoms with Gasteiger partial charge in [-0.15, -0.1) is 0 Å². The lowest BCUT2D eigenvalue weighted by Gasteiger charge is -2.45. The summed E-state index contributed by atoms with van der Waals surface area (Å²) in [4.78, 5) is 2.78. The first-order chi connectivity index (χ1) is 11.9. The molecular formula is C23H35N. The highest BCUT2D eigenvalue weighted by molar-refractivity contribution is 5.20. The molecule has 0 amide bonds. The summed E-state index contributed by atoms with van der Waals surface area (Å²) in [5.41, 5.74) is 3.24. The molecule has 2 aliphatic heterocycles.